The van der Waals surface area contributed by atoms with Gasteiger partial charge in [0.2, 0.25) is 5.91 Å². The van der Waals surface area contributed by atoms with Gasteiger partial charge in [0.25, 0.3) is 0 Å². The van der Waals surface area contributed by atoms with Gasteiger partial charge >= 0.3 is 12.1 Å². The van der Waals surface area contributed by atoms with Gasteiger partial charge in [-0.25, -0.2) is 4.79 Å². The van der Waals surface area contributed by atoms with Crippen LogP contribution < -0.4 is 10.6 Å². The van der Waals surface area contributed by atoms with Crippen molar-refractivity contribution < 1.29 is 29.0 Å². The minimum absolute atomic E-state index is 0.0772. The lowest BCUT2D eigenvalue weighted by Gasteiger charge is -2.19. The summed E-state index contributed by atoms with van der Waals surface area (Å²) in [6.45, 7) is 4.70. The Hall–Kier alpha value is -3.39. The zero-order chi connectivity index (χ0) is 23.8. The number of carbonyl (C=O) groups is 3. The Morgan fingerprint density at radius 2 is 1.61 bits per heavy atom. The van der Waals surface area contributed by atoms with Crippen LogP contribution in [0.1, 0.15) is 43.7 Å². The number of aliphatic carboxylic acids is 1. The molecule has 2 amide bonds. The number of ether oxygens (including phenoxy) is 2. The second kappa shape index (κ2) is 11.5. The molecule has 1 aliphatic carbocycles. The zero-order valence-corrected chi connectivity index (χ0v) is 18.9. The van der Waals surface area contributed by atoms with E-state index >= 15 is 0 Å². The first-order valence-corrected chi connectivity index (χ1v) is 11.1. The molecule has 8 nitrogen and oxygen atoms in total. The summed E-state index contributed by atoms with van der Waals surface area (Å²) in [6, 6.07) is 14.7. The van der Waals surface area contributed by atoms with Crippen LogP contribution in [0.5, 0.6) is 0 Å². The molecule has 0 aliphatic heterocycles. The molecule has 0 spiro atoms. The van der Waals surface area contributed by atoms with E-state index < -0.39 is 30.4 Å². The molecule has 0 heterocycles. The minimum atomic E-state index is -1.23. The Bertz CT molecular complexity index is 945. The van der Waals surface area contributed by atoms with Crippen molar-refractivity contribution in [3.8, 4) is 11.1 Å². The SMILES string of the molecule is CC(C)OCCCNC(=O)C(CC(=O)O)NC(=O)OCC1c2ccccc2-c2ccccc21. The van der Waals surface area contributed by atoms with E-state index in [4.69, 9.17) is 14.6 Å². The molecule has 2 aromatic carbocycles. The number of nitrogens with one attached hydrogen (secondary N) is 2. The summed E-state index contributed by atoms with van der Waals surface area (Å²) in [6.07, 6.45) is -0.704. The van der Waals surface area contributed by atoms with E-state index in [0.29, 0.717) is 19.6 Å². The van der Waals surface area contributed by atoms with Crippen LogP contribution >= 0.6 is 0 Å². The largest absolute Gasteiger partial charge is 0.481 e. The number of benzene rings is 2. The monoisotopic (exact) mass is 454 g/mol. The molecule has 3 N–H and O–H groups in total. The van der Waals surface area contributed by atoms with Crippen LogP contribution in [0, 0.1) is 0 Å². The van der Waals surface area contributed by atoms with Crippen LogP contribution in [0.4, 0.5) is 4.79 Å². The number of carboxylic acid groups (broad SMARTS) is 1. The molecule has 3 rings (SSSR count). The van der Waals surface area contributed by atoms with Gasteiger partial charge in [-0.1, -0.05) is 48.5 Å². The van der Waals surface area contributed by atoms with E-state index in [2.05, 4.69) is 10.6 Å². The molecule has 1 aliphatic rings. The topological polar surface area (TPSA) is 114 Å². The van der Waals surface area contributed by atoms with Crippen molar-refractivity contribution in [3.63, 3.8) is 0 Å². The van der Waals surface area contributed by atoms with Gasteiger partial charge in [-0.05, 0) is 42.5 Å². The summed E-state index contributed by atoms with van der Waals surface area (Å²) in [4.78, 5) is 36.1. The van der Waals surface area contributed by atoms with Gasteiger partial charge in [-0.3, -0.25) is 9.59 Å². The van der Waals surface area contributed by atoms with Gasteiger partial charge in [-0.2, -0.15) is 0 Å². The summed E-state index contributed by atoms with van der Waals surface area (Å²) in [5.74, 6) is -1.90. The van der Waals surface area contributed by atoms with Gasteiger partial charge in [0, 0.05) is 19.1 Å². The fourth-order valence-electron chi connectivity index (χ4n) is 3.89. The maximum absolute atomic E-state index is 12.4. The fraction of sp³-hybridized carbons (Fsp3) is 0.400. The molecule has 0 bridgehead atoms. The summed E-state index contributed by atoms with van der Waals surface area (Å²) in [5, 5.41) is 14.2. The standard InChI is InChI=1S/C25H30N2O6/c1-16(2)32-13-7-12-26-24(30)22(14-23(28)29)27-25(31)33-15-21-19-10-5-3-8-17(19)18-9-4-6-11-20(18)21/h3-6,8-11,16,21-22H,7,12-15H2,1-2H3,(H,26,30)(H,27,31)(H,28,29). The van der Waals surface area contributed by atoms with Crippen molar-refractivity contribution in [1.29, 1.82) is 0 Å². The molecule has 0 saturated carbocycles. The van der Waals surface area contributed by atoms with Gasteiger partial charge < -0.3 is 25.2 Å². The van der Waals surface area contributed by atoms with Crippen molar-refractivity contribution in [1.82, 2.24) is 10.6 Å². The summed E-state index contributed by atoms with van der Waals surface area (Å²) >= 11 is 0. The molecule has 1 unspecified atom stereocenters. The Morgan fingerprint density at radius 1 is 1.00 bits per heavy atom. The highest BCUT2D eigenvalue weighted by Crippen LogP contribution is 2.44. The van der Waals surface area contributed by atoms with Crippen molar-refractivity contribution in [2.75, 3.05) is 19.8 Å². The number of carboxylic acids is 1. The summed E-state index contributed by atoms with van der Waals surface area (Å²) < 4.78 is 10.8. The lowest BCUT2D eigenvalue weighted by Crippen LogP contribution is -2.48. The number of rotatable bonds is 11. The van der Waals surface area contributed by atoms with Gasteiger partial charge in [0.15, 0.2) is 0 Å². The zero-order valence-electron chi connectivity index (χ0n) is 18.9. The molecule has 33 heavy (non-hydrogen) atoms. The highest BCUT2D eigenvalue weighted by atomic mass is 16.5. The number of hydrogen-bond donors (Lipinski definition) is 3. The molecule has 0 fully saturated rings. The Balaban J connectivity index is 1.56. The maximum atomic E-state index is 12.4. The average Bonchev–Trinajstić information content (AvgIpc) is 3.10. The number of hydrogen-bond acceptors (Lipinski definition) is 5. The van der Waals surface area contributed by atoms with Crippen LogP contribution in [0.3, 0.4) is 0 Å². The van der Waals surface area contributed by atoms with Crippen molar-refractivity contribution in [3.05, 3.63) is 59.7 Å². The smallest absolute Gasteiger partial charge is 0.407 e. The van der Waals surface area contributed by atoms with E-state index in [1.807, 2.05) is 62.4 Å². The van der Waals surface area contributed by atoms with E-state index in [9.17, 15) is 14.4 Å². The van der Waals surface area contributed by atoms with Crippen molar-refractivity contribution in [2.45, 2.75) is 44.8 Å². The Kier molecular flexibility index (Phi) is 8.43. The molecule has 0 saturated heterocycles. The molecule has 2 aromatic rings. The third-order valence-corrected chi connectivity index (χ3v) is 5.40. The highest BCUT2D eigenvalue weighted by Gasteiger charge is 2.30. The predicted octanol–water partition coefficient (Wildman–Crippen LogP) is 3.30. The maximum Gasteiger partial charge on any atom is 0.407 e. The molecule has 0 radical (unpaired) electrons. The Labute approximate surface area is 193 Å². The third kappa shape index (κ3) is 6.55. The molecular formula is C25H30N2O6. The van der Waals surface area contributed by atoms with Gasteiger partial charge in [0.1, 0.15) is 12.6 Å². The van der Waals surface area contributed by atoms with Crippen LogP contribution in [-0.2, 0) is 19.1 Å². The summed E-state index contributed by atoms with van der Waals surface area (Å²) in [7, 11) is 0. The second-order valence-corrected chi connectivity index (χ2v) is 8.18. The Morgan fingerprint density at radius 3 is 2.18 bits per heavy atom. The fourth-order valence-corrected chi connectivity index (χ4v) is 3.89. The molecular weight excluding hydrogens is 424 g/mol. The first-order valence-electron chi connectivity index (χ1n) is 11.1. The van der Waals surface area contributed by atoms with Crippen molar-refractivity contribution >= 4 is 18.0 Å². The first kappa shape index (κ1) is 24.3. The van der Waals surface area contributed by atoms with E-state index in [1.165, 1.54) is 0 Å². The van der Waals surface area contributed by atoms with Gasteiger partial charge in [-0.15, -0.1) is 0 Å². The number of fused-ring (bicyclic) bond motifs is 3. The van der Waals surface area contributed by atoms with Crippen LogP contribution in [-0.4, -0.2) is 55.0 Å². The average molecular weight is 455 g/mol. The quantitative estimate of drug-likeness (QED) is 0.449. The number of carbonyl (C=O) groups excluding carboxylic acids is 2. The van der Waals surface area contributed by atoms with Crippen molar-refractivity contribution in [2.24, 2.45) is 0 Å². The lowest BCUT2D eigenvalue weighted by molar-refractivity contribution is -0.139. The molecule has 0 aromatic heterocycles. The first-order chi connectivity index (χ1) is 15.9. The van der Waals surface area contributed by atoms with Crippen LogP contribution in [0.25, 0.3) is 11.1 Å². The third-order valence-electron chi connectivity index (χ3n) is 5.40. The van der Waals surface area contributed by atoms with E-state index in [0.717, 1.165) is 22.3 Å². The van der Waals surface area contributed by atoms with Gasteiger partial charge in [0.05, 0.1) is 12.5 Å². The number of alkyl carbamates (subject to hydrolysis) is 1. The predicted molar refractivity (Wildman–Crippen MR) is 123 cm³/mol. The highest BCUT2D eigenvalue weighted by molar-refractivity contribution is 5.89. The molecule has 1 atom stereocenters. The molecule has 8 heteroatoms. The minimum Gasteiger partial charge on any atom is -0.481 e. The van der Waals surface area contributed by atoms with Crippen LogP contribution in [0.2, 0.25) is 0 Å². The van der Waals surface area contributed by atoms with Crippen LogP contribution in [0.15, 0.2) is 48.5 Å². The second-order valence-electron chi connectivity index (χ2n) is 8.18. The lowest BCUT2D eigenvalue weighted by atomic mass is 9.98. The van der Waals surface area contributed by atoms with E-state index in [-0.39, 0.29) is 18.6 Å². The molecule has 176 valence electrons. The summed E-state index contributed by atoms with van der Waals surface area (Å²) in [5.41, 5.74) is 4.34. The number of amides is 2. The van der Waals surface area contributed by atoms with E-state index in [1.54, 1.807) is 0 Å². The normalized spacial score (nSPS) is 13.2.